The van der Waals surface area contributed by atoms with Gasteiger partial charge in [-0.2, -0.15) is 0 Å². The van der Waals surface area contributed by atoms with Crippen molar-refractivity contribution in [3.63, 3.8) is 0 Å². The van der Waals surface area contributed by atoms with Crippen LogP contribution in [0, 0.1) is 0 Å². The Kier molecular flexibility index (Phi) is 6.16. The van der Waals surface area contributed by atoms with Gasteiger partial charge >= 0.3 is 0 Å². The smallest absolute Gasteiger partial charge is 0.260 e. The lowest BCUT2D eigenvalue weighted by atomic mass is 10.1. The van der Waals surface area contributed by atoms with E-state index in [0.29, 0.717) is 18.3 Å². The van der Waals surface area contributed by atoms with Crippen LogP contribution in [0.25, 0.3) is 0 Å². The van der Waals surface area contributed by atoms with Gasteiger partial charge in [-0.3, -0.25) is 9.69 Å². The summed E-state index contributed by atoms with van der Waals surface area (Å²) in [5.41, 5.74) is 1.43. The zero-order chi connectivity index (χ0) is 18.5. The molecule has 0 bridgehead atoms. The van der Waals surface area contributed by atoms with E-state index in [9.17, 15) is 4.79 Å². The van der Waals surface area contributed by atoms with Gasteiger partial charge in [-0.15, -0.1) is 11.3 Å². The summed E-state index contributed by atoms with van der Waals surface area (Å²) in [4.78, 5) is 16.3. The van der Waals surface area contributed by atoms with Gasteiger partial charge in [0.05, 0.1) is 7.11 Å². The molecule has 0 unspecified atom stereocenters. The predicted octanol–water partition coefficient (Wildman–Crippen LogP) is 3.09. The molecule has 0 saturated heterocycles. The fourth-order valence-electron chi connectivity index (χ4n) is 3.08. The van der Waals surface area contributed by atoms with E-state index in [1.807, 2.05) is 23.5 Å². The molecule has 2 heterocycles. The molecule has 1 aromatic carbocycles. The van der Waals surface area contributed by atoms with Crippen LogP contribution in [0.1, 0.15) is 24.3 Å². The predicted molar refractivity (Wildman–Crippen MR) is 104 cm³/mol. The Morgan fingerprint density at radius 1 is 1.23 bits per heavy atom. The third kappa shape index (κ3) is 4.56. The van der Waals surface area contributed by atoms with Crippen LogP contribution in [0.2, 0.25) is 0 Å². The maximum Gasteiger partial charge on any atom is 0.260 e. The summed E-state index contributed by atoms with van der Waals surface area (Å²) in [7, 11) is 1.62. The van der Waals surface area contributed by atoms with Crippen LogP contribution in [-0.4, -0.2) is 43.2 Å². The number of nitrogens with one attached hydrogen (secondary N) is 1. The van der Waals surface area contributed by atoms with E-state index in [1.54, 1.807) is 26.2 Å². The minimum atomic E-state index is -0.541. The second-order valence-corrected chi connectivity index (χ2v) is 7.62. The average Bonchev–Trinajstić information content (AvgIpc) is 3.14. The maximum atomic E-state index is 12.3. The monoisotopic (exact) mass is 374 g/mol. The van der Waals surface area contributed by atoms with Crippen molar-refractivity contribution in [1.82, 2.24) is 10.2 Å². The molecule has 0 spiro atoms. The van der Waals surface area contributed by atoms with Gasteiger partial charge in [-0.25, -0.2) is 0 Å². The lowest BCUT2D eigenvalue weighted by Gasteiger charge is -2.32. The van der Waals surface area contributed by atoms with Gasteiger partial charge in [0.25, 0.3) is 5.91 Å². The van der Waals surface area contributed by atoms with Crippen molar-refractivity contribution < 1.29 is 14.3 Å². The number of thiophene rings is 1. The SMILES string of the molecule is COc1ccc(O[C@H](C)C(=O)NC[C@@H](C)N2CCc3sccc3C2)cc1. The Morgan fingerprint density at radius 2 is 1.96 bits per heavy atom. The van der Waals surface area contributed by atoms with Crippen molar-refractivity contribution in [2.45, 2.75) is 39.0 Å². The van der Waals surface area contributed by atoms with Crippen LogP contribution in [0.5, 0.6) is 11.5 Å². The molecule has 140 valence electrons. The quantitative estimate of drug-likeness (QED) is 0.809. The molecule has 2 atom stereocenters. The lowest BCUT2D eigenvalue weighted by Crippen LogP contribution is -2.46. The third-order valence-corrected chi connectivity index (χ3v) is 5.80. The van der Waals surface area contributed by atoms with Crippen molar-refractivity contribution in [3.8, 4) is 11.5 Å². The third-order valence-electron chi connectivity index (χ3n) is 4.77. The summed E-state index contributed by atoms with van der Waals surface area (Å²) in [5.74, 6) is 1.32. The highest BCUT2D eigenvalue weighted by atomic mass is 32.1. The first-order valence-electron chi connectivity index (χ1n) is 8.94. The lowest BCUT2D eigenvalue weighted by molar-refractivity contribution is -0.127. The zero-order valence-electron chi connectivity index (χ0n) is 15.5. The number of nitrogens with zero attached hydrogens (tertiary/aromatic N) is 1. The molecule has 3 rings (SSSR count). The molecular formula is C20H26N2O3S. The highest BCUT2D eigenvalue weighted by Crippen LogP contribution is 2.25. The van der Waals surface area contributed by atoms with Gasteiger partial charge < -0.3 is 14.8 Å². The number of methoxy groups -OCH3 is 1. The van der Waals surface area contributed by atoms with Crippen molar-refractivity contribution >= 4 is 17.2 Å². The van der Waals surface area contributed by atoms with E-state index in [-0.39, 0.29) is 5.91 Å². The number of hydrogen-bond donors (Lipinski definition) is 1. The van der Waals surface area contributed by atoms with Crippen molar-refractivity contribution in [1.29, 1.82) is 0 Å². The molecule has 0 aliphatic carbocycles. The van der Waals surface area contributed by atoms with Gasteiger partial charge in [0.1, 0.15) is 11.5 Å². The normalized spacial score (nSPS) is 16.4. The summed E-state index contributed by atoms with van der Waals surface area (Å²) >= 11 is 1.84. The first-order chi connectivity index (χ1) is 12.6. The molecule has 1 aliphatic heterocycles. The minimum Gasteiger partial charge on any atom is -0.497 e. The summed E-state index contributed by atoms with van der Waals surface area (Å²) < 4.78 is 10.8. The molecule has 1 N–H and O–H groups in total. The molecule has 0 fully saturated rings. The molecule has 0 saturated carbocycles. The van der Waals surface area contributed by atoms with Crippen LogP contribution in [0.3, 0.4) is 0 Å². The van der Waals surface area contributed by atoms with Crippen molar-refractivity contribution in [2.75, 3.05) is 20.2 Å². The number of carbonyl (C=O) groups is 1. The number of ether oxygens (including phenoxy) is 2. The van der Waals surface area contributed by atoms with E-state index in [2.05, 4.69) is 28.6 Å². The number of benzene rings is 1. The van der Waals surface area contributed by atoms with E-state index >= 15 is 0 Å². The molecule has 0 radical (unpaired) electrons. The van der Waals surface area contributed by atoms with E-state index in [0.717, 1.165) is 25.3 Å². The van der Waals surface area contributed by atoms with Gasteiger partial charge in [0, 0.05) is 30.6 Å². The Morgan fingerprint density at radius 3 is 2.69 bits per heavy atom. The van der Waals surface area contributed by atoms with Gasteiger partial charge in [0.15, 0.2) is 6.10 Å². The van der Waals surface area contributed by atoms with Crippen molar-refractivity contribution in [2.24, 2.45) is 0 Å². The van der Waals surface area contributed by atoms with Crippen LogP contribution in [0.4, 0.5) is 0 Å². The number of carbonyl (C=O) groups excluding carboxylic acids is 1. The van der Waals surface area contributed by atoms with Gasteiger partial charge in [-0.1, -0.05) is 0 Å². The van der Waals surface area contributed by atoms with Gasteiger partial charge in [0.2, 0.25) is 0 Å². The van der Waals surface area contributed by atoms with E-state index < -0.39 is 6.10 Å². The zero-order valence-corrected chi connectivity index (χ0v) is 16.3. The van der Waals surface area contributed by atoms with Crippen LogP contribution in [0.15, 0.2) is 35.7 Å². The molecule has 2 aromatic rings. The number of amides is 1. The van der Waals surface area contributed by atoms with E-state index in [4.69, 9.17) is 9.47 Å². The fraction of sp³-hybridized carbons (Fsp3) is 0.450. The first-order valence-corrected chi connectivity index (χ1v) is 9.82. The highest BCUT2D eigenvalue weighted by Gasteiger charge is 2.22. The second kappa shape index (κ2) is 8.56. The number of rotatable bonds is 7. The Labute approximate surface area is 158 Å². The average molecular weight is 375 g/mol. The summed E-state index contributed by atoms with van der Waals surface area (Å²) in [5, 5.41) is 5.18. The molecule has 1 aliphatic rings. The highest BCUT2D eigenvalue weighted by molar-refractivity contribution is 7.10. The maximum absolute atomic E-state index is 12.3. The fourth-order valence-corrected chi connectivity index (χ4v) is 3.97. The standard InChI is InChI=1S/C20H26N2O3S/c1-14(22-10-8-19-16(13-22)9-11-26-19)12-21-20(23)15(2)25-18-6-4-17(24-3)5-7-18/h4-7,9,11,14-15H,8,10,12-13H2,1-3H3,(H,21,23)/t14-,15-/m1/s1. The molecular weight excluding hydrogens is 348 g/mol. The number of fused-ring (bicyclic) bond motifs is 1. The Bertz CT molecular complexity index is 729. The largest absolute Gasteiger partial charge is 0.497 e. The Balaban J connectivity index is 1.45. The van der Waals surface area contributed by atoms with Crippen LogP contribution in [-0.2, 0) is 17.8 Å². The van der Waals surface area contributed by atoms with Gasteiger partial charge in [-0.05, 0) is 61.5 Å². The minimum absolute atomic E-state index is 0.0964. The Hall–Kier alpha value is -2.05. The van der Waals surface area contributed by atoms with Crippen LogP contribution < -0.4 is 14.8 Å². The summed E-state index contributed by atoms with van der Waals surface area (Å²) in [6, 6.07) is 9.74. The molecule has 6 heteroatoms. The summed E-state index contributed by atoms with van der Waals surface area (Å²) in [6.45, 7) is 6.56. The molecule has 26 heavy (non-hydrogen) atoms. The molecule has 1 amide bonds. The molecule has 1 aromatic heterocycles. The van der Waals surface area contributed by atoms with Crippen molar-refractivity contribution in [3.05, 3.63) is 46.2 Å². The van der Waals surface area contributed by atoms with Crippen LogP contribution >= 0.6 is 11.3 Å². The summed E-state index contributed by atoms with van der Waals surface area (Å²) in [6.07, 6.45) is 0.558. The second-order valence-electron chi connectivity index (χ2n) is 6.62. The first kappa shape index (κ1) is 18.7. The van der Waals surface area contributed by atoms with E-state index in [1.165, 1.54) is 10.4 Å². The topological polar surface area (TPSA) is 50.8 Å². The number of hydrogen-bond acceptors (Lipinski definition) is 5. The molecule has 5 nitrogen and oxygen atoms in total.